The molecular weight excluding hydrogens is 176 g/mol. The summed E-state index contributed by atoms with van der Waals surface area (Å²) in [5.41, 5.74) is -0.566. The normalized spacial score (nSPS) is 19.0. The topological polar surface area (TPSA) is 52.9 Å². The van der Waals surface area contributed by atoms with E-state index in [2.05, 4.69) is 11.4 Å². The summed E-state index contributed by atoms with van der Waals surface area (Å²) in [4.78, 5) is 11.1. The lowest BCUT2D eigenvalue weighted by molar-refractivity contribution is -0.122. The van der Waals surface area contributed by atoms with Crippen LogP contribution in [-0.4, -0.2) is 17.3 Å². The van der Waals surface area contributed by atoms with Crippen LogP contribution in [0.5, 0.6) is 0 Å². The number of alkyl halides is 1. The third kappa shape index (κ3) is 1.89. The molecule has 0 radical (unpaired) electrons. The Bertz CT molecular complexity index is 218. The van der Waals surface area contributed by atoms with E-state index in [4.69, 9.17) is 16.9 Å². The molecule has 1 saturated carbocycles. The minimum atomic E-state index is -0.566. The van der Waals surface area contributed by atoms with Crippen molar-refractivity contribution in [3.05, 3.63) is 0 Å². The molecular formula is C8H11ClN2O. The van der Waals surface area contributed by atoms with Gasteiger partial charge in [-0.1, -0.05) is 0 Å². The summed E-state index contributed by atoms with van der Waals surface area (Å²) in [6.45, 7) is 0. The molecule has 1 aliphatic carbocycles. The van der Waals surface area contributed by atoms with Crippen molar-refractivity contribution in [3.8, 4) is 6.07 Å². The van der Waals surface area contributed by atoms with E-state index < -0.39 is 5.54 Å². The fourth-order valence-electron chi connectivity index (χ4n) is 1.21. The van der Waals surface area contributed by atoms with Gasteiger partial charge in [0.2, 0.25) is 5.91 Å². The Morgan fingerprint density at radius 2 is 2.33 bits per heavy atom. The molecule has 3 nitrogen and oxygen atoms in total. The number of hydrogen-bond acceptors (Lipinski definition) is 2. The molecule has 1 aliphatic rings. The van der Waals surface area contributed by atoms with Gasteiger partial charge in [0.05, 0.1) is 6.07 Å². The fraction of sp³-hybridized carbons (Fsp3) is 0.750. The number of halogens is 1. The molecule has 0 aromatic heterocycles. The monoisotopic (exact) mass is 186 g/mol. The average molecular weight is 187 g/mol. The molecule has 1 amide bonds. The fourth-order valence-corrected chi connectivity index (χ4v) is 1.38. The van der Waals surface area contributed by atoms with Crippen molar-refractivity contribution < 1.29 is 4.79 Å². The Labute approximate surface area is 76.7 Å². The smallest absolute Gasteiger partial charge is 0.222 e. The second-order valence-electron chi connectivity index (χ2n) is 3.03. The number of hydrogen-bond donors (Lipinski definition) is 1. The zero-order valence-corrected chi connectivity index (χ0v) is 7.52. The van der Waals surface area contributed by atoms with E-state index in [1.165, 1.54) is 0 Å². The molecule has 0 atom stereocenters. The number of rotatable bonds is 3. The van der Waals surface area contributed by atoms with Crippen molar-refractivity contribution in [2.45, 2.75) is 31.2 Å². The molecule has 0 bridgehead atoms. The SMILES string of the molecule is N#CC1(NC(=O)CCCl)CCC1. The maximum absolute atomic E-state index is 11.1. The van der Waals surface area contributed by atoms with Gasteiger partial charge < -0.3 is 5.32 Å². The van der Waals surface area contributed by atoms with Crippen LogP contribution < -0.4 is 5.32 Å². The quantitative estimate of drug-likeness (QED) is 0.673. The van der Waals surface area contributed by atoms with Gasteiger partial charge in [0.25, 0.3) is 0 Å². The predicted octanol–water partition coefficient (Wildman–Crippen LogP) is 1.18. The highest BCUT2D eigenvalue weighted by molar-refractivity contribution is 6.18. The van der Waals surface area contributed by atoms with Crippen LogP contribution in [0.2, 0.25) is 0 Å². The highest BCUT2D eigenvalue weighted by Crippen LogP contribution is 2.30. The standard InChI is InChI=1S/C8H11ClN2O/c9-5-2-7(12)11-8(6-10)3-1-4-8/h1-5H2,(H,11,12). The zero-order chi connectivity index (χ0) is 9.03. The molecule has 0 spiro atoms. The van der Waals surface area contributed by atoms with Gasteiger partial charge in [0.1, 0.15) is 5.54 Å². The molecule has 66 valence electrons. The Hall–Kier alpha value is -0.750. The van der Waals surface area contributed by atoms with Crippen LogP contribution in [0.3, 0.4) is 0 Å². The van der Waals surface area contributed by atoms with E-state index in [1.54, 1.807) is 0 Å². The average Bonchev–Trinajstić information content (AvgIpc) is 1.97. The van der Waals surface area contributed by atoms with Gasteiger partial charge in [-0.25, -0.2) is 0 Å². The van der Waals surface area contributed by atoms with Crippen molar-refractivity contribution in [3.63, 3.8) is 0 Å². The van der Waals surface area contributed by atoms with Gasteiger partial charge in [-0.05, 0) is 19.3 Å². The first-order chi connectivity index (χ1) is 5.72. The molecule has 1 rings (SSSR count). The van der Waals surface area contributed by atoms with Crippen molar-refractivity contribution >= 4 is 17.5 Å². The minimum Gasteiger partial charge on any atom is -0.338 e. The van der Waals surface area contributed by atoms with E-state index in [1.807, 2.05) is 0 Å². The molecule has 12 heavy (non-hydrogen) atoms. The Morgan fingerprint density at radius 1 is 1.67 bits per heavy atom. The minimum absolute atomic E-state index is 0.119. The van der Waals surface area contributed by atoms with Crippen molar-refractivity contribution in [1.29, 1.82) is 5.26 Å². The second kappa shape index (κ2) is 3.77. The van der Waals surface area contributed by atoms with E-state index in [9.17, 15) is 4.79 Å². The van der Waals surface area contributed by atoms with Gasteiger partial charge in [-0.3, -0.25) is 4.79 Å². The summed E-state index contributed by atoms with van der Waals surface area (Å²) in [5.74, 6) is 0.194. The third-order valence-corrected chi connectivity index (χ3v) is 2.31. The van der Waals surface area contributed by atoms with E-state index in [0.29, 0.717) is 12.3 Å². The summed E-state index contributed by atoms with van der Waals surface area (Å²) < 4.78 is 0. The van der Waals surface area contributed by atoms with Crippen LogP contribution in [-0.2, 0) is 4.79 Å². The molecule has 1 fully saturated rings. The molecule has 0 saturated heterocycles. The van der Waals surface area contributed by atoms with Gasteiger partial charge in [-0.2, -0.15) is 5.26 Å². The maximum atomic E-state index is 11.1. The number of amides is 1. The van der Waals surface area contributed by atoms with Crippen molar-refractivity contribution in [2.75, 3.05) is 5.88 Å². The first-order valence-corrected chi connectivity index (χ1v) is 4.54. The number of carbonyl (C=O) groups excluding carboxylic acids is 1. The summed E-state index contributed by atoms with van der Waals surface area (Å²) in [6, 6.07) is 2.13. The molecule has 0 unspecified atom stereocenters. The number of carbonyl (C=O) groups is 1. The lowest BCUT2D eigenvalue weighted by Gasteiger charge is -2.35. The van der Waals surface area contributed by atoms with Crippen LogP contribution in [0, 0.1) is 11.3 Å². The second-order valence-corrected chi connectivity index (χ2v) is 3.41. The Balaban J connectivity index is 2.39. The predicted molar refractivity (Wildman–Crippen MR) is 45.7 cm³/mol. The van der Waals surface area contributed by atoms with Crippen molar-refractivity contribution in [1.82, 2.24) is 5.32 Å². The largest absolute Gasteiger partial charge is 0.338 e. The summed E-state index contributed by atoms with van der Waals surface area (Å²) in [7, 11) is 0. The molecule has 0 heterocycles. The molecule has 0 aromatic rings. The number of nitriles is 1. The van der Waals surface area contributed by atoms with Crippen LogP contribution in [0.15, 0.2) is 0 Å². The number of nitrogens with zero attached hydrogens (tertiary/aromatic N) is 1. The third-order valence-electron chi connectivity index (χ3n) is 2.12. The molecule has 0 aromatic carbocycles. The summed E-state index contributed by atoms with van der Waals surface area (Å²) in [5, 5.41) is 11.5. The first kappa shape index (κ1) is 9.34. The lowest BCUT2D eigenvalue weighted by atomic mass is 9.78. The zero-order valence-electron chi connectivity index (χ0n) is 6.77. The van der Waals surface area contributed by atoms with Crippen LogP contribution in [0.25, 0.3) is 0 Å². The Kier molecular flexibility index (Phi) is 2.93. The van der Waals surface area contributed by atoms with Crippen LogP contribution >= 0.6 is 11.6 Å². The van der Waals surface area contributed by atoms with Crippen LogP contribution in [0.4, 0.5) is 0 Å². The van der Waals surface area contributed by atoms with E-state index in [0.717, 1.165) is 19.3 Å². The lowest BCUT2D eigenvalue weighted by Crippen LogP contribution is -2.52. The summed E-state index contributed by atoms with van der Waals surface area (Å²) >= 11 is 5.39. The van der Waals surface area contributed by atoms with Crippen LogP contribution in [0.1, 0.15) is 25.7 Å². The molecule has 0 aliphatic heterocycles. The Morgan fingerprint density at radius 3 is 2.67 bits per heavy atom. The van der Waals surface area contributed by atoms with Gasteiger partial charge in [0, 0.05) is 12.3 Å². The first-order valence-electron chi connectivity index (χ1n) is 4.01. The number of nitrogens with one attached hydrogen (secondary N) is 1. The van der Waals surface area contributed by atoms with Gasteiger partial charge >= 0.3 is 0 Å². The summed E-state index contributed by atoms with van der Waals surface area (Å²) in [6.07, 6.45) is 2.87. The van der Waals surface area contributed by atoms with E-state index in [-0.39, 0.29) is 5.91 Å². The maximum Gasteiger partial charge on any atom is 0.222 e. The molecule has 1 N–H and O–H groups in total. The van der Waals surface area contributed by atoms with Gasteiger partial charge in [0.15, 0.2) is 0 Å². The molecule has 4 heteroatoms. The highest BCUT2D eigenvalue weighted by atomic mass is 35.5. The van der Waals surface area contributed by atoms with Gasteiger partial charge in [-0.15, -0.1) is 11.6 Å². The van der Waals surface area contributed by atoms with E-state index >= 15 is 0 Å². The highest BCUT2D eigenvalue weighted by Gasteiger charge is 2.38. The van der Waals surface area contributed by atoms with Crippen molar-refractivity contribution in [2.24, 2.45) is 0 Å².